The maximum absolute atomic E-state index is 11.9. The van der Waals surface area contributed by atoms with Gasteiger partial charge in [-0.2, -0.15) is 0 Å². The van der Waals surface area contributed by atoms with E-state index in [1.54, 1.807) is 18.2 Å². The lowest BCUT2D eigenvalue weighted by Gasteiger charge is -1.98. The summed E-state index contributed by atoms with van der Waals surface area (Å²) in [6.07, 6.45) is 2.81. The third-order valence-electron chi connectivity index (χ3n) is 2.71. The summed E-state index contributed by atoms with van der Waals surface area (Å²) in [6.45, 7) is 0. The summed E-state index contributed by atoms with van der Waals surface area (Å²) in [5.41, 5.74) is 0.816. The SMILES string of the molecule is O=C(C=Cc1ccccc1O)c1ccc([N+](=O)[O-])cc1. The van der Waals surface area contributed by atoms with Crippen LogP contribution in [0.25, 0.3) is 6.08 Å². The van der Waals surface area contributed by atoms with E-state index in [0.717, 1.165) is 0 Å². The van der Waals surface area contributed by atoms with Crippen LogP contribution >= 0.6 is 0 Å². The van der Waals surface area contributed by atoms with Gasteiger partial charge >= 0.3 is 0 Å². The van der Waals surface area contributed by atoms with E-state index in [4.69, 9.17) is 0 Å². The van der Waals surface area contributed by atoms with Gasteiger partial charge in [0.05, 0.1) is 4.92 Å². The zero-order valence-corrected chi connectivity index (χ0v) is 10.4. The van der Waals surface area contributed by atoms with E-state index >= 15 is 0 Å². The third kappa shape index (κ3) is 3.08. The zero-order valence-electron chi connectivity index (χ0n) is 10.4. The van der Waals surface area contributed by atoms with Gasteiger partial charge in [-0.1, -0.05) is 18.2 Å². The van der Waals surface area contributed by atoms with Crippen molar-refractivity contribution in [2.24, 2.45) is 0 Å². The van der Waals surface area contributed by atoms with Crippen molar-refractivity contribution in [3.8, 4) is 5.75 Å². The Kier molecular flexibility index (Phi) is 3.91. The van der Waals surface area contributed by atoms with Crippen LogP contribution in [0.2, 0.25) is 0 Å². The number of phenolic OH excluding ortho intramolecular Hbond substituents is 1. The molecule has 0 bridgehead atoms. The Balaban J connectivity index is 2.16. The van der Waals surface area contributed by atoms with Crippen molar-refractivity contribution in [1.82, 2.24) is 0 Å². The van der Waals surface area contributed by atoms with Crippen LogP contribution in [-0.2, 0) is 0 Å². The van der Waals surface area contributed by atoms with Crippen molar-refractivity contribution in [3.63, 3.8) is 0 Å². The van der Waals surface area contributed by atoms with E-state index in [-0.39, 0.29) is 17.2 Å². The van der Waals surface area contributed by atoms with Gasteiger partial charge in [0.2, 0.25) is 0 Å². The molecule has 0 fully saturated rings. The molecule has 0 radical (unpaired) electrons. The Hall–Kier alpha value is -2.95. The van der Waals surface area contributed by atoms with E-state index in [9.17, 15) is 20.0 Å². The van der Waals surface area contributed by atoms with Crippen molar-refractivity contribution in [2.45, 2.75) is 0 Å². The minimum absolute atomic E-state index is 0.0637. The Labute approximate surface area is 115 Å². The first-order valence-electron chi connectivity index (χ1n) is 5.83. The van der Waals surface area contributed by atoms with Gasteiger partial charge in [-0.25, -0.2) is 0 Å². The molecule has 1 N–H and O–H groups in total. The van der Waals surface area contributed by atoms with Gasteiger partial charge in [-0.3, -0.25) is 14.9 Å². The Morgan fingerprint density at radius 1 is 1.10 bits per heavy atom. The first-order valence-corrected chi connectivity index (χ1v) is 5.83. The lowest BCUT2D eigenvalue weighted by molar-refractivity contribution is -0.384. The molecule has 2 aromatic carbocycles. The molecule has 0 spiro atoms. The topological polar surface area (TPSA) is 80.4 Å². The number of benzene rings is 2. The van der Waals surface area contributed by atoms with Crippen LogP contribution in [0.1, 0.15) is 15.9 Å². The molecule has 0 aliphatic rings. The number of nitro benzene ring substituents is 1. The molecule has 2 aromatic rings. The number of para-hydroxylation sites is 1. The van der Waals surface area contributed by atoms with E-state index in [1.807, 2.05) is 0 Å². The fraction of sp³-hybridized carbons (Fsp3) is 0. The van der Waals surface area contributed by atoms with Gasteiger partial charge in [0, 0.05) is 23.3 Å². The van der Waals surface area contributed by atoms with Gasteiger partial charge in [-0.05, 0) is 30.4 Å². The highest BCUT2D eigenvalue weighted by Gasteiger charge is 2.07. The van der Waals surface area contributed by atoms with E-state index < -0.39 is 4.92 Å². The maximum Gasteiger partial charge on any atom is 0.269 e. The molecular weight excluding hydrogens is 258 g/mol. The summed E-state index contributed by atoms with van der Waals surface area (Å²) in [6, 6.07) is 12.0. The number of nitrogens with zero attached hydrogens (tertiary/aromatic N) is 1. The van der Waals surface area contributed by atoms with Gasteiger partial charge in [-0.15, -0.1) is 0 Å². The average molecular weight is 269 g/mol. The molecule has 0 saturated carbocycles. The average Bonchev–Trinajstić information content (AvgIpc) is 2.46. The summed E-state index contributed by atoms with van der Waals surface area (Å²) >= 11 is 0. The molecular formula is C15H11NO4. The van der Waals surface area contributed by atoms with Crippen molar-refractivity contribution in [1.29, 1.82) is 0 Å². The van der Waals surface area contributed by atoms with E-state index in [2.05, 4.69) is 0 Å². The Morgan fingerprint density at radius 2 is 1.75 bits per heavy atom. The first kappa shape index (κ1) is 13.5. The molecule has 0 saturated heterocycles. The molecule has 100 valence electrons. The lowest BCUT2D eigenvalue weighted by Crippen LogP contribution is -1.95. The van der Waals surface area contributed by atoms with Crippen molar-refractivity contribution >= 4 is 17.5 Å². The molecule has 0 aliphatic carbocycles. The summed E-state index contributed by atoms with van der Waals surface area (Å²) in [7, 11) is 0. The summed E-state index contributed by atoms with van der Waals surface area (Å²) < 4.78 is 0. The molecule has 0 heterocycles. The molecule has 0 atom stereocenters. The minimum Gasteiger partial charge on any atom is -0.507 e. The number of nitro groups is 1. The number of non-ortho nitro benzene ring substituents is 1. The number of aromatic hydroxyl groups is 1. The Bertz CT molecular complexity index is 675. The number of hydrogen-bond donors (Lipinski definition) is 1. The van der Waals surface area contributed by atoms with E-state index in [1.165, 1.54) is 42.5 Å². The van der Waals surface area contributed by atoms with Gasteiger partial charge in [0.1, 0.15) is 5.75 Å². The zero-order chi connectivity index (χ0) is 14.5. The van der Waals surface area contributed by atoms with Crippen LogP contribution in [-0.4, -0.2) is 15.8 Å². The number of rotatable bonds is 4. The second-order valence-corrected chi connectivity index (χ2v) is 4.06. The fourth-order valence-electron chi connectivity index (χ4n) is 1.64. The van der Waals surface area contributed by atoms with Crippen LogP contribution in [0.3, 0.4) is 0 Å². The van der Waals surface area contributed by atoms with Gasteiger partial charge < -0.3 is 5.11 Å². The van der Waals surface area contributed by atoms with Crippen LogP contribution in [0.5, 0.6) is 5.75 Å². The Morgan fingerprint density at radius 3 is 2.35 bits per heavy atom. The highest BCUT2D eigenvalue weighted by atomic mass is 16.6. The molecule has 0 aromatic heterocycles. The highest BCUT2D eigenvalue weighted by Crippen LogP contribution is 2.18. The van der Waals surface area contributed by atoms with E-state index in [0.29, 0.717) is 11.1 Å². The lowest BCUT2D eigenvalue weighted by atomic mass is 10.1. The summed E-state index contributed by atoms with van der Waals surface area (Å²) in [5, 5.41) is 20.1. The number of allylic oxidation sites excluding steroid dienone is 1. The van der Waals surface area contributed by atoms with Crippen molar-refractivity contribution < 1.29 is 14.8 Å². The molecule has 20 heavy (non-hydrogen) atoms. The quantitative estimate of drug-likeness (QED) is 0.400. The number of carbonyl (C=O) groups excluding carboxylic acids is 1. The second kappa shape index (κ2) is 5.79. The highest BCUT2D eigenvalue weighted by molar-refractivity contribution is 6.07. The molecule has 0 amide bonds. The minimum atomic E-state index is -0.522. The predicted molar refractivity (Wildman–Crippen MR) is 74.6 cm³/mol. The number of phenols is 1. The largest absolute Gasteiger partial charge is 0.507 e. The number of carbonyl (C=O) groups is 1. The van der Waals surface area contributed by atoms with Gasteiger partial charge in [0.25, 0.3) is 5.69 Å². The second-order valence-electron chi connectivity index (χ2n) is 4.06. The van der Waals surface area contributed by atoms with Crippen LogP contribution in [0, 0.1) is 10.1 Å². The monoisotopic (exact) mass is 269 g/mol. The predicted octanol–water partition coefficient (Wildman–Crippen LogP) is 3.20. The maximum atomic E-state index is 11.9. The molecule has 5 heteroatoms. The molecule has 2 rings (SSSR count). The normalized spacial score (nSPS) is 10.6. The summed E-state index contributed by atoms with van der Waals surface area (Å²) in [4.78, 5) is 21.9. The first-order chi connectivity index (χ1) is 9.58. The molecule has 0 aliphatic heterocycles. The standard InChI is InChI=1S/C15H11NO4/c17-14-4-2-1-3-11(14)7-10-15(18)12-5-8-13(9-6-12)16(19)20/h1-10,17H. The van der Waals surface area contributed by atoms with Crippen LogP contribution < -0.4 is 0 Å². The van der Waals surface area contributed by atoms with Crippen molar-refractivity contribution in [3.05, 3.63) is 75.8 Å². The molecule has 5 nitrogen and oxygen atoms in total. The van der Waals surface area contributed by atoms with Crippen LogP contribution in [0.15, 0.2) is 54.6 Å². The van der Waals surface area contributed by atoms with Gasteiger partial charge in [0.15, 0.2) is 5.78 Å². The number of hydrogen-bond acceptors (Lipinski definition) is 4. The van der Waals surface area contributed by atoms with Crippen LogP contribution in [0.4, 0.5) is 5.69 Å². The summed E-state index contributed by atoms with van der Waals surface area (Å²) in [5.74, 6) is -0.205. The third-order valence-corrected chi connectivity index (χ3v) is 2.71. The molecule has 0 unspecified atom stereocenters. The fourth-order valence-corrected chi connectivity index (χ4v) is 1.64. The smallest absolute Gasteiger partial charge is 0.269 e. The number of ketones is 1. The van der Waals surface area contributed by atoms with Crippen molar-refractivity contribution in [2.75, 3.05) is 0 Å².